The van der Waals surface area contributed by atoms with Crippen LogP contribution in [0.5, 0.6) is 0 Å². The van der Waals surface area contributed by atoms with Gasteiger partial charge in [0.25, 0.3) is 10.0 Å². The molecule has 5 rings (SSSR count). The average molecular weight is 492 g/mol. The van der Waals surface area contributed by atoms with Gasteiger partial charge >= 0.3 is 0 Å². The minimum absolute atomic E-state index is 0.219. The molecule has 1 fully saturated rings. The van der Waals surface area contributed by atoms with Crippen molar-refractivity contribution in [1.29, 1.82) is 0 Å². The number of pyridine rings is 1. The second-order valence-corrected chi connectivity index (χ2v) is 10.5. The van der Waals surface area contributed by atoms with Crippen LogP contribution in [-0.2, 0) is 16.6 Å². The SMILES string of the molecule is CN1CCN(CCn2nc(N)c3c(-c4ccc(NS(=O)(=O)c5ccccc5)cc4)ccnc32)CC1. The highest BCUT2D eigenvalue weighted by molar-refractivity contribution is 7.92. The summed E-state index contributed by atoms with van der Waals surface area (Å²) in [5.74, 6) is 0.440. The standard InChI is InChI=1S/C25H29N7O2S/c1-30-13-15-31(16-14-30)17-18-32-25-23(24(26)28-32)22(11-12-27-25)19-7-9-20(10-8-19)29-35(33,34)21-5-3-2-4-6-21/h2-12,29H,13-18H2,1H3,(H2,26,28). The molecule has 3 heterocycles. The van der Waals surface area contributed by atoms with Crippen LogP contribution >= 0.6 is 0 Å². The van der Waals surface area contributed by atoms with Crippen LogP contribution in [0.25, 0.3) is 22.2 Å². The van der Waals surface area contributed by atoms with E-state index >= 15 is 0 Å². The van der Waals surface area contributed by atoms with Gasteiger partial charge in [-0.05, 0) is 48.5 Å². The highest BCUT2D eigenvalue weighted by Crippen LogP contribution is 2.32. The van der Waals surface area contributed by atoms with Gasteiger partial charge in [-0.15, -0.1) is 0 Å². The number of nitrogen functional groups attached to an aromatic ring is 1. The Labute approximate surface area is 205 Å². The molecule has 1 saturated heterocycles. The molecule has 0 atom stereocenters. The maximum Gasteiger partial charge on any atom is 0.261 e. The number of hydrogen-bond acceptors (Lipinski definition) is 7. The molecule has 0 bridgehead atoms. The lowest BCUT2D eigenvalue weighted by Gasteiger charge is -2.32. The van der Waals surface area contributed by atoms with Gasteiger partial charge < -0.3 is 10.6 Å². The summed E-state index contributed by atoms with van der Waals surface area (Å²) in [6.07, 6.45) is 1.76. The van der Waals surface area contributed by atoms with E-state index in [1.165, 1.54) is 0 Å². The number of benzene rings is 2. The van der Waals surface area contributed by atoms with E-state index in [-0.39, 0.29) is 4.90 Å². The average Bonchev–Trinajstić information content (AvgIpc) is 3.20. The normalized spacial score (nSPS) is 15.5. The molecule has 1 aliphatic heterocycles. The minimum Gasteiger partial charge on any atom is -0.382 e. The molecule has 0 saturated carbocycles. The van der Waals surface area contributed by atoms with Crippen molar-refractivity contribution in [2.45, 2.75) is 11.4 Å². The van der Waals surface area contributed by atoms with Crippen molar-refractivity contribution in [1.82, 2.24) is 24.6 Å². The van der Waals surface area contributed by atoms with Crippen molar-refractivity contribution < 1.29 is 8.42 Å². The highest BCUT2D eigenvalue weighted by Gasteiger charge is 2.18. The molecular weight excluding hydrogens is 462 g/mol. The first kappa shape index (κ1) is 23.3. The fourth-order valence-electron chi connectivity index (χ4n) is 4.36. The summed E-state index contributed by atoms with van der Waals surface area (Å²) in [4.78, 5) is 9.55. The second kappa shape index (κ2) is 9.65. The van der Waals surface area contributed by atoms with Crippen LogP contribution in [0, 0.1) is 0 Å². The van der Waals surface area contributed by atoms with Crippen LogP contribution in [0.2, 0.25) is 0 Å². The largest absolute Gasteiger partial charge is 0.382 e. The predicted octanol–water partition coefficient (Wildman–Crippen LogP) is 2.73. The fraction of sp³-hybridized carbons (Fsp3) is 0.280. The summed E-state index contributed by atoms with van der Waals surface area (Å²) in [6.45, 7) is 5.85. The quantitative estimate of drug-likeness (QED) is 0.409. The van der Waals surface area contributed by atoms with E-state index in [1.54, 1.807) is 48.7 Å². The minimum atomic E-state index is -3.65. The third-order valence-corrected chi connectivity index (χ3v) is 7.78. The topological polar surface area (TPSA) is 109 Å². The molecule has 9 nitrogen and oxygen atoms in total. The van der Waals surface area contributed by atoms with E-state index < -0.39 is 10.0 Å². The Kier molecular flexibility index (Phi) is 6.42. The number of anilines is 2. The zero-order valence-corrected chi connectivity index (χ0v) is 20.4. The van der Waals surface area contributed by atoms with Crippen LogP contribution < -0.4 is 10.5 Å². The molecule has 2 aromatic carbocycles. The molecule has 0 amide bonds. The van der Waals surface area contributed by atoms with Gasteiger partial charge in [-0.3, -0.25) is 9.62 Å². The van der Waals surface area contributed by atoms with Crippen molar-refractivity contribution in [2.24, 2.45) is 0 Å². The van der Waals surface area contributed by atoms with Crippen molar-refractivity contribution in [3.05, 3.63) is 66.9 Å². The number of sulfonamides is 1. The zero-order chi connectivity index (χ0) is 24.4. The number of likely N-dealkylation sites (N-methyl/N-ethyl adjacent to an activating group) is 1. The first-order chi connectivity index (χ1) is 16.9. The van der Waals surface area contributed by atoms with E-state index in [2.05, 4.69) is 31.7 Å². The van der Waals surface area contributed by atoms with E-state index in [0.717, 1.165) is 54.9 Å². The maximum atomic E-state index is 12.6. The van der Waals surface area contributed by atoms with Crippen molar-refractivity contribution in [2.75, 3.05) is 50.2 Å². The lowest BCUT2D eigenvalue weighted by Crippen LogP contribution is -2.45. The Hall–Kier alpha value is -3.47. The zero-order valence-electron chi connectivity index (χ0n) is 19.6. The molecule has 4 aromatic rings. The molecule has 10 heteroatoms. The summed E-state index contributed by atoms with van der Waals surface area (Å²) in [5, 5.41) is 5.39. The number of nitrogens with two attached hydrogens (primary N) is 1. The van der Waals surface area contributed by atoms with E-state index in [9.17, 15) is 8.42 Å². The lowest BCUT2D eigenvalue weighted by molar-refractivity contribution is 0.149. The summed E-state index contributed by atoms with van der Waals surface area (Å²) in [6, 6.07) is 17.5. The first-order valence-corrected chi connectivity index (χ1v) is 13.1. The maximum absolute atomic E-state index is 12.6. The van der Waals surface area contributed by atoms with Gasteiger partial charge in [-0.2, -0.15) is 5.10 Å². The monoisotopic (exact) mass is 491 g/mol. The third kappa shape index (κ3) is 5.00. The van der Waals surface area contributed by atoms with Gasteiger partial charge in [0.15, 0.2) is 11.5 Å². The number of rotatable bonds is 7. The molecule has 0 unspecified atom stereocenters. The Bertz CT molecular complexity index is 1410. The molecule has 1 aliphatic rings. The van der Waals surface area contributed by atoms with Gasteiger partial charge in [0.2, 0.25) is 0 Å². The second-order valence-electron chi connectivity index (χ2n) is 8.81. The number of aromatic nitrogens is 3. The van der Waals surface area contributed by atoms with Crippen LogP contribution in [-0.4, -0.2) is 72.8 Å². The van der Waals surface area contributed by atoms with Crippen LogP contribution in [0.15, 0.2) is 71.8 Å². The molecule has 2 aromatic heterocycles. The van der Waals surface area contributed by atoms with Crippen molar-refractivity contribution in [3.8, 4) is 11.1 Å². The van der Waals surface area contributed by atoms with Gasteiger partial charge in [-0.25, -0.2) is 18.1 Å². The number of hydrogen-bond donors (Lipinski definition) is 2. The summed E-state index contributed by atoms with van der Waals surface area (Å²) < 4.78 is 29.7. The highest BCUT2D eigenvalue weighted by atomic mass is 32.2. The van der Waals surface area contributed by atoms with Gasteiger partial charge in [-0.1, -0.05) is 30.3 Å². The summed E-state index contributed by atoms with van der Waals surface area (Å²) in [5.41, 5.74) is 9.39. The Balaban J connectivity index is 1.36. The summed E-state index contributed by atoms with van der Waals surface area (Å²) in [7, 11) is -1.50. The molecule has 35 heavy (non-hydrogen) atoms. The lowest BCUT2D eigenvalue weighted by atomic mass is 10.0. The van der Waals surface area contributed by atoms with Crippen molar-refractivity contribution >= 4 is 32.6 Å². The van der Waals surface area contributed by atoms with Gasteiger partial charge in [0.05, 0.1) is 16.8 Å². The molecule has 0 spiro atoms. The van der Waals surface area contributed by atoms with Gasteiger partial charge in [0.1, 0.15) is 0 Å². The van der Waals surface area contributed by atoms with Crippen LogP contribution in [0.4, 0.5) is 11.5 Å². The van der Waals surface area contributed by atoms with E-state index in [1.807, 2.05) is 22.9 Å². The molecule has 3 N–H and O–H groups in total. The predicted molar refractivity (Wildman–Crippen MR) is 139 cm³/mol. The third-order valence-electron chi connectivity index (χ3n) is 6.39. The van der Waals surface area contributed by atoms with Crippen LogP contribution in [0.3, 0.4) is 0 Å². The molecule has 0 aliphatic carbocycles. The molecular formula is C25H29N7O2S. The number of nitrogens with zero attached hydrogens (tertiary/aromatic N) is 5. The van der Waals surface area contributed by atoms with Crippen molar-refractivity contribution in [3.63, 3.8) is 0 Å². The number of fused-ring (bicyclic) bond motifs is 1. The first-order valence-electron chi connectivity index (χ1n) is 11.6. The smallest absolute Gasteiger partial charge is 0.261 e. The molecule has 0 radical (unpaired) electrons. The Morgan fingerprint density at radius 3 is 2.37 bits per heavy atom. The van der Waals surface area contributed by atoms with E-state index in [4.69, 9.17) is 5.73 Å². The number of piperazine rings is 1. The molecule has 182 valence electrons. The summed E-state index contributed by atoms with van der Waals surface area (Å²) >= 11 is 0. The fourth-order valence-corrected chi connectivity index (χ4v) is 5.44. The Morgan fingerprint density at radius 1 is 0.943 bits per heavy atom. The Morgan fingerprint density at radius 2 is 1.66 bits per heavy atom. The van der Waals surface area contributed by atoms with Gasteiger partial charge in [0, 0.05) is 44.6 Å². The van der Waals surface area contributed by atoms with E-state index in [0.29, 0.717) is 18.1 Å². The van der Waals surface area contributed by atoms with Crippen LogP contribution in [0.1, 0.15) is 0 Å². The number of nitrogens with one attached hydrogen (secondary N) is 1.